The summed E-state index contributed by atoms with van der Waals surface area (Å²) in [5.74, 6) is 0.914. The lowest BCUT2D eigenvalue weighted by atomic mass is 9.99. The minimum atomic E-state index is 0.914. The summed E-state index contributed by atoms with van der Waals surface area (Å²) in [6.45, 7) is 9.04. The van der Waals surface area contributed by atoms with Crippen LogP contribution in [0.3, 0.4) is 0 Å². The van der Waals surface area contributed by atoms with E-state index in [1.54, 1.807) is 0 Å². The molecule has 1 aromatic heterocycles. The highest BCUT2D eigenvalue weighted by molar-refractivity contribution is 5.00. The molecule has 0 unspecified atom stereocenters. The van der Waals surface area contributed by atoms with Crippen molar-refractivity contribution < 1.29 is 0 Å². The van der Waals surface area contributed by atoms with Gasteiger partial charge in [0.25, 0.3) is 0 Å². The van der Waals surface area contributed by atoms with Crippen LogP contribution in [-0.2, 0) is 13.1 Å². The molecule has 0 amide bonds. The average molecular weight is 207 g/mol. The zero-order valence-corrected chi connectivity index (χ0v) is 9.82. The molecule has 3 nitrogen and oxygen atoms in total. The fourth-order valence-electron chi connectivity index (χ4n) is 2.23. The summed E-state index contributed by atoms with van der Waals surface area (Å²) < 4.78 is 2.10. The second kappa shape index (κ2) is 4.79. The lowest BCUT2D eigenvalue weighted by Gasteiger charge is -2.30. The number of nitrogens with zero attached hydrogens (tertiary/aromatic N) is 3. The third-order valence-corrected chi connectivity index (χ3v) is 3.37. The van der Waals surface area contributed by atoms with Gasteiger partial charge in [-0.2, -0.15) is 5.10 Å². The van der Waals surface area contributed by atoms with E-state index in [4.69, 9.17) is 0 Å². The third-order valence-electron chi connectivity index (χ3n) is 3.37. The highest BCUT2D eigenvalue weighted by Gasteiger charge is 2.16. The predicted molar refractivity (Wildman–Crippen MR) is 61.6 cm³/mol. The SMILES string of the molecule is CCn1nccc1CN1CCC(C)CC1. The number of hydrogen-bond donors (Lipinski definition) is 0. The van der Waals surface area contributed by atoms with Gasteiger partial charge in [0.15, 0.2) is 0 Å². The Morgan fingerprint density at radius 2 is 2.13 bits per heavy atom. The van der Waals surface area contributed by atoms with Gasteiger partial charge < -0.3 is 0 Å². The molecule has 0 aromatic carbocycles. The Balaban J connectivity index is 1.91. The van der Waals surface area contributed by atoms with Crippen LogP contribution in [0.25, 0.3) is 0 Å². The molecule has 1 aliphatic heterocycles. The summed E-state index contributed by atoms with van der Waals surface area (Å²) >= 11 is 0. The van der Waals surface area contributed by atoms with Crippen LogP contribution in [0.1, 0.15) is 32.4 Å². The smallest absolute Gasteiger partial charge is 0.0524 e. The van der Waals surface area contributed by atoms with E-state index in [0.717, 1.165) is 19.0 Å². The number of hydrogen-bond acceptors (Lipinski definition) is 2. The van der Waals surface area contributed by atoms with E-state index in [9.17, 15) is 0 Å². The lowest BCUT2D eigenvalue weighted by Crippen LogP contribution is -2.33. The normalized spacial score (nSPS) is 19.6. The Bertz CT molecular complexity index is 298. The first-order valence-electron chi connectivity index (χ1n) is 6.02. The van der Waals surface area contributed by atoms with Gasteiger partial charge in [0.1, 0.15) is 0 Å². The molecule has 84 valence electrons. The van der Waals surface area contributed by atoms with Crippen molar-refractivity contribution in [3.05, 3.63) is 18.0 Å². The minimum Gasteiger partial charge on any atom is -0.298 e. The summed E-state index contributed by atoms with van der Waals surface area (Å²) in [5, 5.41) is 4.31. The van der Waals surface area contributed by atoms with Gasteiger partial charge in [-0.25, -0.2) is 0 Å². The Labute approximate surface area is 92.1 Å². The van der Waals surface area contributed by atoms with Crippen molar-refractivity contribution >= 4 is 0 Å². The van der Waals surface area contributed by atoms with Crippen LogP contribution in [0.4, 0.5) is 0 Å². The van der Waals surface area contributed by atoms with Crippen LogP contribution < -0.4 is 0 Å². The van der Waals surface area contributed by atoms with Crippen molar-refractivity contribution in [1.82, 2.24) is 14.7 Å². The molecule has 2 heterocycles. The number of likely N-dealkylation sites (tertiary alicyclic amines) is 1. The third kappa shape index (κ3) is 2.59. The molecule has 1 fully saturated rings. The highest BCUT2D eigenvalue weighted by atomic mass is 15.3. The van der Waals surface area contributed by atoms with E-state index < -0.39 is 0 Å². The summed E-state index contributed by atoms with van der Waals surface area (Å²) in [4.78, 5) is 2.54. The maximum atomic E-state index is 4.31. The van der Waals surface area contributed by atoms with Crippen LogP contribution in [0, 0.1) is 5.92 Å². The van der Waals surface area contributed by atoms with Gasteiger partial charge in [0.2, 0.25) is 0 Å². The molecule has 3 heteroatoms. The van der Waals surface area contributed by atoms with Gasteiger partial charge in [0, 0.05) is 19.3 Å². The Kier molecular flexibility index (Phi) is 3.41. The van der Waals surface area contributed by atoms with Crippen molar-refractivity contribution in [2.24, 2.45) is 5.92 Å². The van der Waals surface area contributed by atoms with Gasteiger partial charge in [-0.1, -0.05) is 6.92 Å². The zero-order valence-electron chi connectivity index (χ0n) is 9.82. The summed E-state index contributed by atoms with van der Waals surface area (Å²) in [5.41, 5.74) is 1.35. The molecule has 1 aliphatic rings. The summed E-state index contributed by atoms with van der Waals surface area (Å²) in [6, 6.07) is 2.14. The van der Waals surface area contributed by atoms with Crippen LogP contribution in [0.15, 0.2) is 12.3 Å². The fraction of sp³-hybridized carbons (Fsp3) is 0.750. The maximum absolute atomic E-state index is 4.31. The van der Waals surface area contributed by atoms with E-state index in [1.165, 1.54) is 31.6 Å². The van der Waals surface area contributed by atoms with Crippen molar-refractivity contribution in [1.29, 1.82) is 0 Å². The van der Waals surface area contributed by atoms with Crippen molar-refractivity contribution in [2.45, 2.75) is 39.8 Å². The largest absolute Gasteiger partial charge is 0.298 e. The van der Waals surface area contributed by atoms with Crippen molar-refractivity contribution in [3.63, 3.8) is 0 Å². The first-order valence-corrected chi connectivity index (χ1v) is 6.02. The second-order valence-electron chi connectivity index (χ2n) is 4.60. The standard InChI is InChI=1S/C12H21N3/c1-3-15-12(4-7-13-15)10-14-8-5-11(2)6-9-14/h4,7,11H,3,5-6,8-10H2,1-2H3. The Morgan fingerprint density at radius 3 is 2.80 bits per heavy atom. The fourth-order valence-corrected chi connectivity index (χ4v) is 2.23. The Hall–Kier alpha value is -0.830. The number of piperidine rings is 1. The van der Waals surface area contributed by atoms with E-state index in [1.807, 2.05) is 6.20 Å². The molecule has 0 N–H and O–H groups in total. The molecule has 0 radical (unpaired) electrons. The van der Waals surface area contributed by atoms with Crippen LogP contribution in [-0.4, -0.2) is 27.8 Å². The molecule has 0 atom stereocenters. The first kappa shape index (κ1) is 10.7. The summed E-state index contributed by atoms with van der Waals surface area (Å²) in [6.07, 6.45) is 4.60. The van der Waals surface area contributed by atoms with Crippen LogP contribution in [0.5, 0.6) is 0 Å². The van der Waals surface area contributed by atoms with Gasteiger partial charge in [-0.3, -0.25) is 9.58 Å². The van der Waals surface area contributed by atoms with Gasteiger partial charge in [0.05, 0.1) is 5.69 Å². The predicted octanol–water partition coefficient (Wildman–Crippen LogP) is 2.13. The molecule has 15 heavy (non-hydrogen) atoms. The average Bonchev–Trinajstić information content (AvgIpc) is 2.69. The van der Waals surface area contributed by atoms with E-state index >= 15 is 0 Å². The topological polar surface area (TPSA) is 21.1 Å². The van der Waals surface area contributed by atoms with Crippen LogP contribution in [0.2, 0.25) is 0 Å². The van der Waals surface area contributed by atoms with Crippen molar-refractivity contribution in [2.75, 3.05) is 13.1 Å². The number of rotatable bonds is 3. The number of aryl methyl sites for hydroxylation is 1. The minimum absolute atomic E-state index is 0.914. The molecule has 0 aliphatic carbocycles. The van der Waals surface area contributed by atoms with Gasteiger partial charge >= 0.3 is 0 Å². The molecule has 1 saturated heterocycles. The molecule has 0 bridgehead atoms. The summed E-state index contributed by atoms with van der Waals surface area (Å²) in [7, 11) is 0. The molecular formula is C12H21N3. The van der Waals surface area contributed by atoms with Crippen LogP contribution >= 0.6 is 0 Å². The van der Waals surface area contributed by atoms with Crippen molar-refractivity contribution in [3.8, 4) is 0 Å². The molecular weight excluding hydrogens is 186 g/mol. The molecule has 2 rings (SSSR count). The van der Waals surface area contributed by atoms with Gasteiger partial charge in [-0.05, 0) is 44.8 Å². The van der Waals surface area contributed by atoms with E-state index in [2.05, 4.69) is 34.6 Å². The number of aromatic nitrogens is 2. The monoisotopic (exact) mass is 207 g/mol. The quantitative estimate of drug-likeness (QED) is 0.757. The molecule has 1 aromatic rings. The highest BCUT2D eigenvalue weighted by Crippen LogP contribution is 2.17. The first-order chi connectivity index (χ1) is 7.29. The van der Waals surface area contributed by atoms with Gasteiger partial charge in [-0.15, -0.1) is 0 Å². The second-order valence-corrected chi connectivity index (χ2v) is 4.60. The zero-order chi connectivity index (χ0) is 10.7. The van der Waals surface area contributed by atoms with E-state index in [0.29, 0.717) is 0 Å². The lowest BCUT2D eigenvalue weighted by molar-refractivity contribution is 0.181. The maximum Gasteiger partial charge on any atom is 0.0524 e. The molecule has 0 saturated carbocycles. The van der Waals surface area contributed by atoms with E-state index in [-0.39, 0.29) is 0 Å². The molecule has 0 spiro atoms. The Morgan fingerprint density at radius 1 is 1.40 bits per heavy atom.